The number of phenolic OH excluding ortho intramolecular Hbond substituents is 1. The lowest BCUT2D eigenvalue weighted by Gasteiger charge is -2.32. The van der Waals surface area contributed by atoms with Crippen LogP contribution in [0.15, 0.2) is 65.7 Å². The molecule has 0 amide bonds. The number of hydrogen-bond donors (Lipinski definition) is 2. The minimum Gasteiger partial charge on any atom is -0.507 e. The largest absolute Gasteiger partial charge is 0.507 e. The van der Waals surface area contributed by atoms with Gasteiger partial charge in [0.2, 0.25) is 0 Å². The number of fused-ring (bicyclic) bond motifs is 1. The lowest BCUT2D eigenvalue weighted by molar-refractivity contribution is 0.167. The summed E-state index contributed by atoms with van der Waals surface area (Å²) in [5.41, 5.74) is 4.18. The van der Waals surface area contributed by atoms with Crippen LogP contribution in [0.25, 0.3) is 11.6 Å². The Bertz CT molecular complexity index is 1130. The highest BCUT2D eigenvalue weighted by atomic mass is 32.2. The van der Waals surface area contributed by atoms with Crippen molar-refractivity contribution in [2.45, 2.75) is 30.5 Å². The first-order chi connectivity index (χ1) is 15.4. The minimum absolute atomic E-state index is 0.0489. The van der Waals surface area contributed by atoms with Crippen molar-refractivity contribution in [2.75, 3.05) is 19.5 Å². The SMILES string of the molecule is COCC1=C2[C@@H](CC/C(=C/c3ccccc3O)c3ccccc3)OB(O)C[C@@H]2S(=O)(=O)C1. The van der Waals surface area contributed by atoms with Gasteiger partial charge in [0.05, 0.1) is 23.7 Å². The highest BCUT2D eigenvalue weighted by Crippen LogP contribution is 2.40. The Morgan fingerprint density at radius 3 is 2.62 bits per heavy atom. The van der Waals surface area contributed by atoms with E-state index >= 15 is 0 Å². The number of phenols is 1. The molecule has 0 bridgehead atoms. The fourth-order valence-corrected chi connectivity index (χ4v) is 6.72. The van der Waals surface area contributed by atoms with Gasteiger partial charge >= 0.3 is 7.12 Å². The average Bonchev–Trinajstić information content (AvgIpc) is 3.02. The van der Waals surface area contributed by atoms with Crippen molar-refractivity contribution >= 4 is 28.6 Å². The molecule has 1 fully saturated rings. The zero-order valence-electron chi connectivity index (χ0n) is 18.0. The normalized spacial score (nSPS) is 22.8. The van der Waals surface area contributed by atoms with Crippen LogP contribution >= 0.6 is 0 Å². The van der Waals surface area contributed by atoms with E-state index in [4.69, 9.17) is 9.39 Å². The summed E-state index contributed by atoms with van der Waals surface area (Å²) in [6.07, 6.45) is 2.56. The van der Waals surface area contributed by atoms with Gasteiger partial charge in [0.25, 0.3) is 0 Å². The molecule has 2 N–H and O–H groups in total. The van der Waals surface area contributed by atoms with Crippen LogP contribution in [0.3, 0.4) is 0 Å². The van der Waals surface area contributed by atoms with Crippen molar-refractivity contribution in [1.82, 2.24) is 0 Å². The maximum Gasteiger partial charge on any atom is 0.456 e. The number of sulfone groups is 1. The molecular weight excluding hydrogens is 427 g/mol. The third kappa shape index (κ3) is 4.83. The number of hydrogen-bond acceptors (Lipinski definition) is 6. The van der Waals surface area contributed by atoms with Gasteiger partial charge in [-0.15, -0.1) is 0 Å². The van der Waals surface area contributed by atoms with E-state index in [1.807, 2.05) is 48.5 Å². The van der Waals surface area contributed by atoms with Crippen LogP contribution in [0.2, 0.25) is 6.32 Å². The number of rotatable bonds is 7. The maximum atomic E-state index is 12.7. The molecule has 4 rings (SSSR count). The fraction of sp³-hybridized carbons (Fsp3) is 0.333. The van der Waals surface area contributed by atoms with Crippen molar-refractivity contribution in [3.63, 3.8) is 0 Å². The Balaban J connectivity index is 1.65. The van der Waals surface area contributed by atoms with Crippen LogP contribution in [-0.4, -0.2) is 56.5 Å². The molecule has 1 saturated heterocycles. The monoisotopic (exact) mass is 454 g/mol. The third-order valence-electron chi connectivity index (χ3n) is 6.05. The Labute approximate surface area is 189 Å². The second-order valence-electron chi connectivity index (χ2n) is 8.24. The second-order valence-corrected chi connectivity index (χ2v) is 10.4. The summed E-state index contributed by atoms with van der Waals surface area (Å²) >= 11 is 0. The summed E-state index contributed by atoms with van der Waals surface area (Å²) in [7, 11) is -2.94. The summed E-state index contributed by atoms with van der Waals surface area (Å²) in [4.78, 5) is 0. The molecule has 168 valence electrons. The first-order valence-corrected chi connectivity index (χ1v) is 12.4. The molecule has 0 aliphatic carbocycles. The average molecular weight is 454 g/mol. The lowest BCUT2D eigenvalue weighted by Crippen LogP contribution is -2.42. The van der Waals surface area contributed by atoms with Crippen molar-refractivity contribution in [3.8, 4) is 5.75 Å². The predicted molar refractivity (Wildman–Crippen MR) is 126 cm³/mol. The lowest BCUT2D eigenvalue weighted by atomic mass is 9.74. The van der Waals surface area contributed by atoms with Gasteiger partial charge < -0.3 is 19.5 Å². The zero-order chi connectivity index (χ0) is 22.7. The standard InChI is InChI=1S/C24H27BO6S/c1-30-15-20-16-32(28,29)23-14-25(27)31-22(24(20)23)12-11-18(17-7-3-2-4-8-17)13-19-9-5-6-10-21(19)26/h2-10,13,22-23,26-27H,11-12,14-16H2,1H3/b18-13-/t22-,23+/m1/s1. The third-order valence-corrected chi connectivity index (χ3v) is 8.12. The van der Waals surface area contributed by atoms with Crippen molar-refractivity contribution in [1.29, 1.82) is 0 Å². The van der Waals surface area contributed by atoms with Gasteiger partial charge in [-0.3, -0.25) is 0 Å². The van der Waals surface area contributed by atoms with Gasteiger partial charge in [-0.1, -0.05) is 48.5 Å². The Hall–Kier alpha value is -2.39. The van der Waals surface area contributed by atoms with Crippen molar-refractivity contribution in [3.05, 3.63) is 76.9 Å². The molecule has 0 unspecified atom stereocenters. The molecule has 2 atom stereocenters. The number of ether oxygens (including phenoxy) is 1. The molecule has 0 saturated carbocycles. The van der Waals surface area contributed by atoms with Crippen LogP contribution in [0.1, 0.15) is 24.0 Å². The molecule has 8 heteroatoms. The zero-order valence-corrected chi connectivity index (χ0v) is 18.8. The number of aromatic hydroxyl groups is 1. The van der Waals surface area contributed by atoms with E-state index in [-0.39, 0.29) is 24.4 Å². The molecule has 2 heterocycles. The topological polar surface area (TPSA) is 93.1 Å². The van der Waals surface area contributed by atoms with Gasteiger partial charge in [-0.25, -0.2) is 8.42 Å². The van der Waals surface area contributed by atoms with E-state index in [9.17, 15) is 18.5 Å². The maximum absolute atomic E-state index is 12.7. The smallest absolute Gasteiger partial charge is 0.456 e. The molecule has 2 aromatic rings. The highest BCUT2D eigenvalue weighted by Gasteiger charge is 2.48. The van der Waals surface area contributed by atoms with Gasteiger partial charge in [0.15, 0.2) is 9.84 Å². The molecule has 0 radical (unpaired) electrons. The number of methoxy groups -OCH3 is 1. The highest BCUT2D eigenvalue weighted by molar-refractivity contribution is 7.92. The van der Waals surface area contributed by atoms with Crippen LogP contribution in [0, 0.1) is 0 Å². The van der Waals surface area contributed by atoms with Crippen molar-refractivity contribution in [2.24, 2.45) is 0 Å². The summed E-state index contributed by atoms with van der Waals surface area (Å²) in [6, 6.07) is 17.0. The van der Waals surface area contributed by atoms with Crippen LogP contribution in [0.5, 0.6) is 5.75 Å². The second kappa shape index (κ2) is 9.62. The summed E-state index contributed by atoms with van der Waals surface area (Å²) in [6.45, 7) is 0.236. The Morgan fingerprint density at radius 1 is 1.19 bits per heavy atom. The first kappa shape index (κ1) is 22.8. The number of allylic oxidation sites excluding steroid dienone is 1. The first-order valence-electron chi connectivity index (χ1n) is 10.7. The van der Waals surface area contributed by atoms with E-state index in [0.29, 0.717) is 18.4 Å². The van der Waals surface area contributed by atoms with E-state index in [2.05, 4.69) is 0 Å². The van der Waals surface area contributed by atoms with E-state index in [0.717, 1.165) is 22.3 Å². The van der Waals surface area contributed by atoms with Gasteiger partial charge in [-0.05, 0) is 47.3 Å². The van der Waals surface area contributed by atoms with E-state index in [1.54, 1.807) is 19.2 Å². The van der Waals surface area contributed by atoms with Gasteiger partial charge in [0.1, 0.15) is 5.75 Å². The van der Waals surface area contributed by atoms with Crippen molar-refractivity contribution < 1.29 is 27.9 Å². The number of para-hydroxylation sites is 1. The molecule has 2 aromatic carbocycles. The van der Waals surface area contributed by atoms with Crippen LogP contribution in [-0.2, 0) is 19.2 Å². The predicted octanol–water partition coefficient (Wildman–Crippen LogP) is 3.33. The fourth-order valence-electron chi connectivity index (χ4n) is 4.62. The molecular formula is C24H27BO6S. The molecule has 2 aliphatic heterocycles. The molecule has 0 spiro atoms. The molecule has 32 heavy (non-hydrogen) atoms. The van der Waals surface area contributed by atoms with Crippen LogP contribution in [0.4, 0.5) is 0 Å². The number of benzene rings is 2. The summed E-state index contributed by atoms with van der Waals surface area (Å²) < 4.78 is 36.5. The Morgan fingerprint density at radius 2 is 1.91 bits per heavy atom. The minimum atomic E-state index is -3.37. The summed E-state index contributed by atoms with van der Waals surface area (Å²) in [5, 5.41) is 19.8. The van der Waals surface area contributed by atoms with E-state index in [1.165, 1.54) is 0 Å². The molecule has 6 nitrogen and oxygen atoms in total. The molecule has 2 aliphatic rings. The molecule has 0 aromatic heterocycles. The van der Waals surface area contributed by atoms with E-state index < -0.39 is 28.3 Å². The van der Waals surface area contributed by atoms with Gasteiger partial charge in [0, 0.05) is 19.0 Å². The summed E-state index contributed by atoms with van der Waals surface area (Å²) in [5.74, 6) is 0.143. The van der Waals surface area contributed by atoms with Crippen LogP contribution < -0.4 is 0 Å². The van der Waals surface area contributed by atoms with Gasteiger partial charge in [-0.2, -0.15) is 0 Å². The quantitative estimate of drug-likeness (QED) is 0.379. The Kier molecular flexibility index (Phi) is 6.86.